The fourth-order valence-electron chi connectivity index (χ4n) is 3.18. The van der Waals surface area contributed by atoms with Crippen LogP contribution in [0.2, 0.25) is 0 Å². The lowest BCUT2D eigenvalue weighted by Gasteiger charge is -2.27. The molecule has 1 aliphatic rings. The molecule has 0 radical (unpaired) electrons. The Hall–Kier alpha value is -3.32. The molecule has 2 aromatic carbocycles. The zero-order chi connectivity index (χ0) is 21.3. The van der Waals surface area contributed by atoms with Gasteiger partial charge < -0.3 is 14.8 Å². The SMILES string of the molecule is C=C(C)c1cccc(C(C)(C)NC(=O)Nc2nc(-c3ccc4c(c3)OCO4)cs2)c1. The molecule has 0 aliphatic carbocycles. The van der Waals surface area contributed by atoms with E-state index in [0.29, 0.717) is 10.9 Å². The lowest BCUT2D eigenvalue weighted by atomic mass is 9.92. The number of carbonyl (C=O) groups is 1. The smallest absolute Gasteiger partial charge is 0.321 e. The van der Waals surface area contributed by atoms with Gasteiger partial charge in [0.2, 0.25) is 6.79 Å². The molecule has 0 saturated carbocycles. The van der Waals surface area contributed by atoms with Crippen molar-refractivity contribution in [2.75, 3.05) is 12.1 Å². The second kappa shape index (κ2) is 7.84. The van der Waals surface area contributed by atoms with E-state index in [1.165, 1.54) is 11.3 Å². The van der Waals surface area contributed by atoms with Crippen molar-refractivity contribution in [2.45, 2.75) is 26.3 Å². The number of hydrogen-bond acceptors (Lipinski definition) is 5. The van der Waals surface area contributed by atoms with Gasteiger partial charge in [-0.1, -0.05) is 30.4 Å². The quantitative estimate of drug-likeness (QED) is 0.560. The van der Waals surface area contributed by atoms with Crippen LogP contribution in [0.25, 0.3) is 16.8 Å². The molecule has 2 N–H and O–H groups in total. The van der Waals surface area contributed by atoms with Crippen molar-refractivity contribution >= 4 is 28.1 Å². The summed E-state index contributed by atoms with van der Waals surface area (Å²) in [6.45, 7) is 10.1. The minimum atomic E-state index is -0.563. The van der Waals surface area contributed by atoms with Gasteiger partial charge in [0.05, 0.1) is 11.2 Å². The van der Waals surface area contributed by atoms with Crippen LogP contribution in [0.4, 0.5) is 9.93 Å². The maximum atomic E-state index is 12.6. The topological polar surface area (TPSA) is 72.5 Å². The highest BCUT2D eigenvalue weighted by Crippen LogP contribution is 2.36. The van der Waals surface area contributed by atoms with Gasteiger partial charge in [-0.05, 0) is 56.2 Å². The average molecular weight is 422 g/mol. The van der Waals surface area contributed by atoms with Crippen LogP contribution >= 0.6 is 11.3 Å². The van der Waals surface area contributed by atoms with E-state index in [0.717, 1.165) is 33.7 Å². The largest absolute Gasteiger partial charge is 0.454 e. The van der Waals surface area contributed by atoms with Crippen molar-refractivity contribution in [3.63, 3.8) is 0 Å². The Morgan fingerprint density at radius 2 is 1.97 bits per heavy atom. The van der Waals surface area contributed by atoms with E-state index in [4.69, 9.17) is 9.47 Å². The lowest BCUT2D eigenvalue weighted by Crippen LogP contribution is -2.43. The van der Waals surface area contributed by atoms with E-state index in [1.807, 2.05) is 68.6 Å². The minimum Gasteiger partial charge on any atom is -0.454 e. The molecule has 0 atom stereocenters. The molecule has 0 saturated heterocycles. The van der Waals surface area contributed by atoms with E-state index in [-0.39, 0.29) is 12.8 Å². The molecule has 3 aromatic rings. The summed E-state index contributed by atoms with van der Waals surface area (Å²) < 4.78 is 10.8. The standard InChI is InChI=1S/C23H23N3O3S/c1-14(2)15-6-5-7-17(10-15)23(3,4)26-21(27)25-22-24-18(12-30-22)16-8-9-19-20(11-16)29-13-28-19/h5-12H,1,13H2,2-4H3,(H2,24,25,26,27). The van der Waals surface area contributed by atoms with Crippen LogP contribution in [-0.4, -0.2) is 17.8 Å². The van der Waals surface area contributed by atoms with Crippen LogP contribution < -0.4 is 20.1 Å². The van der Waals surface area contributed by atoms with Crippen molar-refractivity contribution in [3.8, 4) is 22.8 Å². The van der Waals surface area contributed by atoms with E-state index < -0.39 is 5.54 Å². The first-order valence-corrected chi connectivity index (χ1v) is 10.4. The predicted octanol–water partition coefficient (Wildman–Crippen LogP) is 5.63. The lowest BCUT2D eigenvalue weighted by molar-refractivity contribution is 0.174. The second-order valence-electron chi connectivity index (χ2n) is 7.67. The first kappa shape index (κ1) is 20.0. The molecule has 0 unspecified atom stereocenters. The molecule has 1 aliphatic heterocycles. The third-order valence-corrected chi connectivity index (χ3v) is 5.65. The summed E-state index contributed by atoms with van der Waals surface area (Å²) >= 11 is 1.37. The van der Waals surface area contributed by atoms with Gasteiger partial charge in [-0.2, -0.15) is 0 Å². The van der Waals surface area contributed by atoms with E-state index in [1.54, 1.807) is 0 Å². The summed E-state index contributed by atoms with van der Waals surface area (Å²) in [5.74, 6) is 1.43. The molecule has 154 valence electrons. The van der Waals surface area contributed by atoms with Crippen LogP contribution in [0.15, 0.2) is 54.4 Å². The molecule has 6 nitrogen and oxygen atoms in total. The molecule has 0 fully saturated rings. The maximum Gasteiger partial charge on any atom is 0.321 e. The zero-order valence-electron chi connectivity index (χ0n) is 17.1. The summed E-state index contributed by atoms with van der Waals surface area (Å²) in [7, 11) is 0. The number of nitrogens with one attached hydrogen (secondary N) is 2. The third kappa shape index (κ3) is 4.16. The van der Waals surface area contributed by atoms with Gasteiger partial charge in [-0.15, -0.1) is 11.3 Å². The highest BCUT2D eigenvalue weighted by molar-refractivity contribution is 7.14. The van der Waals surface area contributed by atoms with Gasteiger partial charge in [-0.3, -0.25) is 5.32 Å². The van der Waals surface area contributed by atoms with Gasteiger partial charge >= 0.3 is 6.03 Å². The number of rotatable bonds is 5. The molecular formula is C23H23N3O3S. The number of thiazole rings is 1. The number of nitrogens with zero attached hydrogens (tertiary/aromatic N) is 1. The summed E-state index contributed by atoms with van der Waals surface area (Å²) in [5, 5.41) is 8.27. The second-order valence-corrected chi connectivity index (χ2v) is 8.53. The molecule has 2 amide bonds. The minimum absolute atomic E-state index is 0.230. The summed E-state index contributed by atoms with van der Waals surface area (Å²) in [5.41, 5.74) is 4.14. The number of aromatic nitrogens is 1. The molecule has 4 rings (SSSR count). The van der Waals surface area contributed by atoms with Gasteiger partial charge in [0.15, 0.2) is 16.6 Å². The Morgan fingerprint density at radius 3 is 2.77 bits per heavy atom. The van der Waals surface area contributed by atoms with Gasteiger partial charge in [-0.25, -0.2) is 9.78 Å². The van der Waals surface area contributed by atoms with Crippen LogP contribution in [0.1, 0.15) is 31.9 Å². The number of allylic oxidation sites excluding steroid dienone is 1. The maximum absolute atomic E-state index is 12.6. The van der Waals surface area contributed by atoms with Crippen molar-refractivity contribution in [2.24, 2.45) is 0 Å². The van der Waals surface area contributed by atoms with Crippen molar-refractivity contribution in [1.29, 1.82) is 0 Å². The highest BCUT2D eigenvalue weighted by Gasteiger charge is 2.24. The third-order valence-electron chi connectivity index (χ3n) is 4.90. The number of ether oxygens (including phenoxy) is 2. The van der Waals surface area contributed by atoms with Gasteiger partial charge in [0.25, 0.3) is 0 Å². The number of urea groups is 1. The highest BCUT2D eigenvalue weighted by atomic mass is 32.1. The molecule has 0 bridgehead atoms. The summed E-state index contributed by atoms with van der Waals surface area (Å²) in [6, 6.07) is 13.4. The Labute approximate surface area is 179 Å². The Balaban J connectivity index is 1.44. The number of hydrogen-bond donors (Lipinski definition) is 2. The predicted molar refractivity (Wildman–Crippen MR) is 120 cm³/mol. The van der Waals surface area contributed by atoms with Crippen molar-refractivity contribution in [1.82, 2.24) is 10.3 Å². The first-order chi connectivity index (χ1) is 14.3. The van der Waals surface area contributed by atoms with Crippen LogP contribution in [0.3, 0.4) is 0 Å². The number of amides is 2. The average Bonchev–Trinajstić information content (AvgIpc) is 3.36. The fourth-order valence-corrected chi connectivity index (χ4v) is 3.89. The Bertz CT molecular complexity index is 1120. The normalized spacial score (nSPS) is 12.5. The van der Waals surface area contributed by atoms with Crippen molar-refractivity contribution < 1.29 is 14.3 Å². The monoisotopic (exact) mass is 421 g/mol. The zero-order valence-corrected chi connectivity index (χ0v) is 17.9. The molecule has 30 heavy (non-hydrogen) atoms. The van der Waals surface area contributed by atoms with Crippen LogP contribution in [0.5, 0.6) is 11.5 Å². The van der Waals surface area contributed by atoms with Gasteiger partial charge in [0, 0.05) is 10.9 Å². The Morgan fingerprint density at radius 1 is 1.17 bits per heavy atom. The van der Waals surface area contributed by atoms with Crippen LogP contribution in [0, 0.1) is 0 Å². The van der Waals surface area contributed by atoms with Gasteiger partial charge in [0.1, 0.15) is 0 Å². The van der Waals surface area contributed by atoms with E-state index in [2.05, 4.69) is 22.2 Å². The summed E-state index contributed by atoms with van der Waals surface area (Å²) in [4.78, 5) is 17.1. The number of carbonyl (C=O) groups excluding carboxylic acids is 1. The first-order valence-electron chi connectivity index (χ1n) is 9.53. The van der Waals surface area contributed by atoms with E-state index >= 15 is 0 Å². The molecule has 1 aromatic heterocycles. The van der Waals surface area contributed by atoms with Crippen LogP contribution in [-0.2, 0) is 5.54 Å². The summed E-state index contributed by atoms with van der Waals surface area (Å²) in [6.07, 6.45) is 0. The molecule has 2 heterocycles. The number of anilines is 1. The molecule has 0 spiro atoms. The number of benzene rings is 2. The fraction of sp³-hybridized carbons (Fsp3) is 0.217. The Kier molecular flexibility index (Phi) is 5.22. The molecular weight excluding hydrogens is 398 g/mol. The number of fused-ring (bicyclic) bond motifs is 1. The molecule has 7 heteroatoms. The van der Waals surface area contributed by atoms with E-state index in [9.17, 15) is 4.79 Å². The van der Waals surface area contributed by atoms with Crippen molar-refractivity contribution in [3.05, 3.63) is 65.6 Å².